The van der Waals surface area contributed by atoms with Crippen molar-refractivity contribution in [2.45, 2.75) is 0 Å². The average molecular weight is 256 g/mol. The Bertz CT molecular complexity index is 474. The first-order valence-corrected chi connectivity index (χ1v) is 5.14. The SMILES string of the molecule is O=C(OC(=O)c1ccccc1)c1ccccc1.[AlH3]. The third kappa shape index (κ3) is 3.56. The monoisotopic (exact) mass is 256 g/mol. The minimum Gasteiger partial charge on any atom is -0.386 e. The first-order valence-electron chi connectivity index (χ1n) is 5.14. The minimum absolute atomic E-state index is 0. The molecule has 2 rings (SSSR count). The Morgan fingerprint density at radius 1 is 0.667 bits per heavy atom. The number of hydrogen-bond acceptors (Lipinski definition) is 3. The van der Waals surface area contributed by atoms with Gasteiger partial charge in [0.1, 0.15) is 0 Å². The maximum atomic E-state index is 11.6. The van der Waals surface area contributed by atoms with E-state index in [4.69, 9.17) is 4.74 Å². The molecule has 0 spiro atoms. The maximum Gasteiger partial charge on any atom is 0.346 e. The highest BCUT2D eigenvalue weighted by Crippen LogP contribution is 2.05. The lowest BCUT2D eigenvalue weighted by molar-refractivity contribution is 0.0398. The summed E-state index contributed by atoms with van der Waals surface area (Å²) in [6.45, 7) is 0. The standard InChI is InChI=1S/C14H10O3.Al.3H/c15-13(11-7-3-1-4-8-11)17-14(16)12-9-5-2-6-10-12;;;;/h1-10H;;;;. The summed E-state index contributed by atoms with van der Waals surface area (Å²) >= 11 is 0. The lowest BCUT2D eigenvalue weighted by Crippen LogP contribution is -2.12. The summed E-state index contributed by atoms with van der Waals surface area (Å²) in [5.41, 5.74) is 0.716. The fourth-order valence-corrected chi connectivity index (χ4v) is 1.35. The van der Waals surface area contributed by atoms with E-state index in [1.54, 1.807) is 60.7 Å². The summed E-state index contributed by atoms with van der Waals surface area (Å²) in [6, 6.07) is 16.8. The molecule has 0 unspecified atom stereocenters. The molecule has 4 heteroatoms. The van der Waals surface area contributed by atoms with Crippen molar-refractivity contribution in [3.8, 4) is 0 Å². The van der Waals surface area contributed by atoms with Gasteiger partial charge in [0.25, 0.3) is 0 Å². The fraction of sp³-hybridized carbons (Fsp3) is 0. The highest BCUT2D eigenvalue weighted by Gasteiger charge is 2.13. The van der Waals surface area contributed by atoms with E-state index in [0.717, 1.165) is 0 Å². The molecular formula is C14H13AlO3. The molecule has 0 aliphatic carbocycles. The number of esters is 2. The van der Waals surface area contributed by atoms with Crippen LogP contribution in [0.15, 0.2) is 60.7 Å². The second-order valence-electron chi connectivity index (χ2n) is 3.41. The molecule has 0 aliphatic rings. The van der Waals surface area contributed by atoms with Crippen LogP contribution in [0, 0.1) is 0 Å². The summed E-state index contributed by atoms with van der Waals surface area (Å²) in [4.78, 5) is 23.2. The summed E-state index contributed by atoms with van der Waals surface area (Å²) < 4.78 is 4.74. The lowest BCUT2D eigenvalue weighted by Gasteiger charge is -2.02. The van der Waals surface area contributed by atoms with Crippen LogP contribution in [0.5, 0.6) is 0 Å². The molecule has 0 N–H and O–H groups in total. The Balaban J connectivity index is 0.00000162. The van der Waals surface area contributed by atoms with E-state index < -0.39 is 11.9 Å². The van der Waals surface area contributed by atoms with Gasteiger partial charge in [-0.15, -0.1) is 0 Å². The van der Waals surface area contributed by atoms with Gasteiger partial charge in [-0.3, -0.25) is 0 Å². The third-order valence-electron chi connectivity index (χ3n) is 2.20. The molecule has 0 radical (unpaired) electrons. The Morgan fingerprint density at radius 2 is 1.00 bits per heavy atom. The smallest absolute Gasteiger partial charge is 0.346 e. The Morgan fingerprint density at radius 3 is 1.33 bits per heavy atom. The van der Waals surface area contributed by atoms with Crippen LogP contribution in [0.25, 0.3) is 0 Å². The fourth-order valence-electron chi connectivity index (χ4n) is 1.35. The Labute approximate surface area is 116 Å². The van der Waals surface area contributed by atoms with E-state index in [9.17, 15) is 9.59 Å². The van der Waals surface area contributed by atoms with Crippen LogP contribution in [0.1, 0.15) is 20.7 Å². The number of carbonyl (C=O) groups excluding carboxylic acids is 2. The van der Waals surface area contributed by atoms with E-state index in [1.165, 1.54) is 0 Å². The van der Waals surface area contributed by atoms with Crippen LogP contribution in [0.3, 0.4) is 0 Å². The Hall–Kier alpha value is -1.89. The molecule has 0 aliphatic heterocycles. The maximum absolute atomic E-state index is 11.6. The van der Waals surface area contributed by atoms with Crippen LogP contribution >= 0.6 is 0 Å². The van der Waals surface area contributed by atoms with Crippen molar-refractivity contribution in [2.24, 2.45) is 0 Å². The second kappa shape index (κ2) is 6.75. The van der Waals surface area contributed by atoms with Crippen molar-refractivity contribution in [3.05, 3.63) is 71.8 Å². The van der Waals surface area contributed by atoms with E-state index in [2.05, 4.69) is 0 Å². The molecule has 0 saturated carbocycles. The number of rotatable bonds is 2. The van der Waals surface area contributed by atoms with Gasteiger partial charge >= 0.3 is 11.9 Å². The van der Waals surface area contributed by atoms with Crippen molar-refractivity contribution in [2.75, 3.05) is 0 Å². The molecule has 18 heavy (non-hydrogen) atoms. The zero-order valence-electron chi connectivity index (χ0n) is 9.00. The summed E-state index contributed by atoms with van der Waals surface area (Å²) in [6.07, 6.45) is 0. The van der Waals surface area contributed by atoms with E-state index in [0.29, 0.717) is 11.1 Å². The normalized spacial score (nSPS) is 9.11. The van der Waals surface area contributed by atoms with Gasteiger partial charge in [0.2, 0.25) is 0 Å². The highest BCUT2D eigenvalue weighted by molar-refractivity contribution is 6.02. The molecule has 2 aromatic carbocycles. The Kier molecular flexibility index (Phi) is 5.32. The van der Waals surface area contributed by atoms with Crippen molar-refractivity contribution < 1.29 is 14.3 Å². The zero-order valence-corrected chi connectivity index (χ0v) is 9.00. The first-order chi connectivity index (χ1) is 8.27. The van der Waals surface area contributed by atoms with Crippen LogP contribution in [-0.4, -0.2) is 29.3 Å². The van der Waals surface area contributed by atoms with Crippen molar-refractivity contribution in [1.82, 2.24) is 0 Å². The van der Waals surface area contributed by atoms with Crippen LogP contribution in [-0.2, 0) is 4.74 Å². The van der Waals surface area contributed by atoms with Gasteiger partial charge in [-0.2, -0.15) is 0 Å². The summed E-state index contributed by atoms with van der Waals surface area (Å²) in [7, 11) is 0. The molecule has 2 aromatic rings. The molecule has 0 atom stereocenters. The van der Waals surface area contributed by atoms with Gasteiger partial charge in [0, 0.05) is 0 Å². The van der Waals surface area contributed by atoms with Crippen LogP contribution < -0.4 is 0 Å². The molecule has 0 bridgehead atoms. The second-order valence-corrected chi connectivity index (χ2v) is 3.41. The van der Waals surface area contributed by atoms with Gasteiger partial charge in [-0.05, 0) is 24.3 Å². The van der Waals surface area contributed by atoms with E-state index >= 15 is 0 Å². The van der Waals surface area contributed by atoms with Crippen molar-refractivity contribution in [3.63, 3.8) is 0 Å². The number of ether oxygens (including phenoxy) is 1. The molecule has 0 amide bonds. The summed E-state index contributed by atoms with van der Waals surface area (Å²) in [5.74, 6) is -1.28. The van der Waals surface area contributed by atoms with Gasteiger partial charge in [0.05, 0.1) is 11.1 Å². The third-order valence-corrected chi connectivity index (χ3v) is 2.20. The molecule has 0 aromatic heterocycles. The van der Waals surface area contributed by atoms with Crippen LogP contribution in [0.4, 0.5) is 0 Å². The van der Waals surface area contributed by atoms with Gasteiger partial charge in [0.15, 0.2) is 17.4 Å². The predicted octanol–water partition coefficient (Wildman–Crippen LogP) is 1.50. The van der Waals surface area contributed by atoms with Gasteiger partial charge < -0.3 is 4.74 Å². The molecular weight excluding hydrogens is 243 g/mol. The predicted molar refractivity (Wildman–Crippen MR) is 72.6 cm³/mol. The summed E-state index contributed by atoms with van der Waals surface area (Å²) in [5, 5.41) is 0. The molecule has 0 heterocycles. The molecule has 90 valence electrons. The van der Waals surface area contributed by atoms with Gasteiger partial charge in [-0.1, -0.05) is 36.4 Å². The molecule has 0 saturated heterocycles. The van der Waals surface area contributed by atoms with Crippen molar-refractivity contribution >= 4 is 29.3 Å². The quantitative estimate of drug-likeness (QED) is 0.464. The molecule has 0 fully saturated rings. The molecule has 3 nitrogen and oxygen atoms in total. The van der Waals surface area contributed by atoms with Crippen molar-refractivity contribution in [1.29, 1.82) is 0 Å². The number of benzene rings is 2. The zero-order chi connectivity index (χ0) is 12.1. The lowest BCUT2D eigenvalue weighted by atomic mass is 10.2. The number of carbonyl (C=O) groups is 2. The topological polar surface area (TPSA) is 43.4 Å². The number of hydrogen-bond donors (Lipinski definition) is 0. The van der Waals surface area contributed by atoms with E-state index in [1.807, 2.05) is 0 Å². The van der Waals surface area contributed by atoms with E-state index in [-0.39, 0.29) is 17.4 Å². The van der Waals surface area contributed by atoms with Crippen LogP contribution in [0.2, 0.25) is 0 Å². The minimum atomic E-state index is -0.639. The van der Waals surface area contributed by atoms with Gasteiger partial charge in [-0.25, -0.2) is 9.59 Å². The average Bonchev–Trinajstić information content (AvgIpc) is 2.40. The highest BCUT2D eigenvalue weighted by atomic mass is 27.0. The largest absolute Gasteiger partial charge is 0.386 e. The first kappa shape index (κ1) is 14.2.